The van der Waals surface area contributed by atoms with Gasteiger partial charge in [0.05, 0.1) is 0 Å². The molecule has 1 aromatic carbocycles. The molecule has 1 aromatic rings. The second kappa shape index (κ2) is 3.65. The van der Waals surface area contributed by atoms with E-state index in [2.05, 4.69) is 50.3 Å². The molecule has 0 radical (unpaired) electrons. The fourth-order valence-electron chi connectivity index (χ4n) is 1.61. The Morgan fingerprint density at radius 2 is 1.85 bits per heavy atom. The highest BCUT2D eigenvalue weighted by atomic mass is 14.1. The first-order valence-corrected chi connectivity index (χ1v) is 4.79. The van der Waals surface area contributed by atoms with Gasteiger partial charge in [-0.2, -0.15) is 0 Å². The lowest BCUT2D eigenvalue weighted by Crippen LogP contribution is -2.00. The normalized spacial score (nSPS) is 15.5. The van der Waals surface area contributed by atoms with Crippen LogP contribution in [0, 0.1) is 0 Å². The van der Waals surface area contributed by atoms with Gasteiger partial charge in [-0.05, 0) is 24.0 Å². The molecule has 13 heavy (non-hydrogen) atoms. The van der Waals surface area contributed by atoms with Crippen molar-refractivity contribution in [3.8, 4) is 0 Å². The lowest BCUT2D eigenvalue weighted by Gasteiger charge is -2.08. The molecule has 0 spiro atoms. The summed E-state index contributed by atoms with van der Waals surface area (Å²) in [7, 11) is 2.12. The molecule has 1 aliphatic rings. The number of allylic oxidation sites excluding steroid dienone is 4. The van der Waals surface area contributed by atoms with Gasteiger partial charge >= 0.3 is 0 Å². The minimum atomic E-state index is 1.18. The Bertz CT molecular complexity index is 344. The number of hydrogen-bond acceptors (Lipinski definition) is 0. The third kappa shape index (κ3) is 1.92. The van der Waals surface area contributed by atoms with Crippen molar-refractivity contribution in [2.75, 3.05) is 0 Å². The van der Waals surface area contributed by atoms with Gasteiger partial charge in [0.2, 0.25) is 0 Å². The summed E-state index contributed by atoms with van der Waals surface area (Å²) < 4.78 is 0. The third-order valence-electron chi connectivity index (χ3n) is 2.44. The summed E-state index contributed by atoms with van der Waals surface area (Å²) in [6, 6.07) is 8.77. The molecule has 1 aliphatic carbocycles. The Labute approximate surface area is 80.4 Å². The molecule has 0 amide bonds. The van der Waals surface area contributed by atoms with Crippen molar-refractivity contribution in [3.05, 3.63) is 48.1 Å². The SMILES string of the molecule is Bc1ccc(C2=CC=CCC2)cc1. The molecule has 0 aromatic heterocycles. The summed E-state index contributed by atoms with van der Waals surface area (Å²) >= 11 is 0. The summed E-state index contributed by atoms with van der Waals surface area (Å²) in [6.07, 6.45) is 8.95. The fourth-order valence-corrected chi connectivity index (χ4v) is 1.61. The van der Waals surface area contributed by atoms with Crippen molar-refractivity contribution in [1.82, 2.24) is 0 Å². The van der Waals surface area contributed by atoms with Gasteiger partial charge in [-0.25, -0.2) is 0 Å². The number of rotatable bonds is 1. The molecule has 2 rings (SSSR count). The number of benzene rings is 1. The average Bonchev–Trinajstić information content (AvgIpc) is 2.20. The summed E-state index contributed by atoms with van der Waals surface area (Å²) in [5.74, 6) is 0. The predicted molar refractivity (Wildman–Crippen MR) is 61.0 cm³/mol. The largest absolute Gasteiger partial charge is 0.139 e. The van der Waals surface area contributed by atoms with Gasteiger partial charge < -0.3 is 0 Å². The van der Waals surface area contributed by atoms with E-state index in [4.69, 9.17) is 0 Å². The lowest BCUT2D eigenvalue weighted by molar-refractivity contribution is 1.05. The Kier molecular flexibility index (Phi) is 2.35. The van der Waals surface area contributed by atoms with Crippen LogP contribution in [0.1, 0.15) is 18.4 Å². The molecule has 0 N–H and O–H groups in total. The predicted octanol–water partition coefficient (Wildman–Crippen LogP) is 1.68. The van der Waals surface area contributed by atoms with Gasteiger partial charge in [0.1, 0.15) is 7.85 Å². The van der Waals surface area contributed by atoms with Gasteiger partial charge in [-0.15, -0.1) is 0 Å². The second-order valence-electron chi connectivity index (χ2n) is 3.52. The maximum Gasteiger partial charge on any atom is 0.139 e. The summed E-state index contributed by atoms with van der Waals surface area (Å²) in [5, 5.41) is 0. The van der Waals surface area contributed by atoms with E-state index in [0.29, 0.717) is 0 Å². The summed E-state index contributed by atoms with van der Waals surface area (Å²) in [4.78, 5) is 0. The van der Waals surface area contributed by atoms with Crippen LogP contribution >= 0.6 is 0 Å². The van der Waals surface area contributed by atoms with E-state index in [-0.39, 0.29) is 0 Å². The molecule has 0 fully saturated rings. The van der Waals surface area contributed by atoms with E-state index in [1.165, 1.54) is 29.4 Å². The molecule has 0 unspecified atom stereocenters. The van der Waals surface area contributed by atoms with E-state index in [1.807, 2.05) is 0 Å². The third-order valence-corrected chi connectivity index (χ3v) is 2.44. The first kappa shape index (κ1) is 8.37. The van der Waals surface area contributed by atoms with Crippen molar-refractivity contribution in [3.63, 3.8) is 0 Å². The van der Waals surface area contributed by atoms with Gasteiger partial charge in [0.15, 0.2) is 0 Å². The van der Waals surface area contributed by atoms with Crippen molar-refractivity contribution >= 4 is 18.9 Å². The minimum Gasteiger partial charge on any atom is -0.0889 e. The highest BCUT2D eigenvalue weighted by molar-refractivity contribution is 6.32. The van der Waals surface area contributed by atoms with Crippen LogP contribution in [0.2, 0.25) is 0 Å². The Balaban J connectivity index is 2.30. The minimum absolute atomic E-state index is 1.18. The van der Waals surface area contributed by atoms with E-state index >= 15 is 0 Å². The Morgan fingerprint density at radius 1 is 1.08 bits per heavy atom. The molecule has 0 saturated heterocycles. The standard InChI is InChI=1S/C12H13B/c13-12-8-6-11(7-9-12)10-4-2-1-3-5-10/h1-2,4,6-9H,3,5,13H2. The van der Waals surface area contributed by atoms with Crippen LogP contribution in [0.3, 0.4) is 0 Å². The van der Waals surface area contributed by atoms with Gasteiger partial charge in [0, 0.05) is 0 Å². The maximum atomic E-state index is 2.22. The second-order valence-corrected chi connectivity index (χ2v) is 3.52. The lowest BCUT2D eigenvalue weighted by atomic mass is 9.91. The fraction of sp³-hybridized carbons (Fsp3) is 0.167. The van der Waals surface area contributed by atoms with Crippen LogP contribution in [-0.2, 0) is 0 Å². The van der Waals surface area contributed by atoms with E-state index in [9.17, 15) is 0 Å². The zero-order valence-corrected chi connectivity index (χ0v) is 7.96. The highest BCUT2D eigenvalue weighted by Crippen LogP contribution is 2.22. The van der Waals surface area contributed by atoms with Crippen molar-refractivity contribution in [2.24, 2.45) is 0 Å². The molecule has 0 bridgehead atoms. The van der Waals surface area contributed by atoms with Crippen LogP contribution in [0.4, 0.5) is 0 Å². The summed E-state index contributed by atoms with van der Waals surface area (Å²) in [6.45, 7) is 0. The first-order chi connectivity index (χ1) is 6.36. The van der Waals surface area contributed by atoms with Crippen LogP contribution in [-0.4, -0.2) is 7.85 Å². The zero-order valence-electron chi connectivity index (χ0n) is 7.96. The van der Waals surface area contributed by atoms with Crippen molar-refractivity contribution < 1.29 is 0 Å². The Morgan fingerprint density at radius 3 is 2.46 bits per heavy atom. The molecule has 0 aliphatic heterocycles. The quantitative estimate of drug-likeness (QED) is 0.559. The average molecular weight is 168 g/mol. The topological polar surface area (TPSA) is 0 Å². The van der Waals surface area contributed by atoms with Crippen LogP contribution in [0.25, 0.3) is 5.57 Å². The molecular formula is C12H13B. The molecular weight excluding hydrogens is 155 g/mol. The number of hydrogen-bond donors (Lipinski definition) is 0. The Hall–Kier alpha value is -1.24. The van der Waals surface area contributed by atoms with Crippen molar-refractivity contribution in [1.29, 1.82) is 0 Å². The summed E-state index contributed by atoms with van der Waals surface area (Å²) in [5.41, 5.74) is 4.16. The molecule has 64 valence electrons. The van der Waals surface area contributed by atoms with E-state index in [1.54, 1.807) is 0 Å². The molecule has 0 nitrogen and oxygen atoms in total. The monoisotopic (exact) mass is 168 g/mol. The smallest absolute Gasteiger partial charge is 0.0889 e. The van der Waals surface area contributed by atoms with Crippen molar-refractivity contribution in [2.45, 2.75) is 12.8 Å². The van der Waals surface area contributed by atoms with Gasteiger partial charge in [-0.3, -0.25) is 0 Å². The molecule has 0 saturated carbocycles. The van der Waals surface area contributed by atoms with Crippen LogP contribution in [0.5, 0.6) is 0 Å². The van der Waals surface area contributed by atoms with Gasteiger partial charge in [-0.1, -0.05) is 48.0 Å². The highest BCUT2D eigenvalue weighted by Gasteiger charge is 2.01. The van der Waals surface area contributed by atoms with E-state index < -0.39 is 0 Å². The zero-order chi connectivity index (χ0) is 9.10. The maximum absolute atomic E-state index is 2.22. The molecule has 0 heterocycles. The first-order valence-electron chi connectivity index (χ1n) is 4.79. The molecule has 1 heteroatoms. The van der Waals surface area contributed by atoms with Gasteiger partial charge in [0.25, 0.3) is 0 Å². The van der Waals surface area contributed by atoms with Crippen LogP contribution in [0.15, 0.2) is 42.5 Å². The molecule has 0 atom stereocenters. The van der Waals surface area contributed by atoms with Crippen LogP contribution < -0.4 is 5.46 Å². The van der Waals surface area contributed by atoms with E-state index in [0.717, 1.165) is 0 Å².